The van der Waals surface area contributed by atoms with Crippen molar-refractivity contribution in [1.82, 2.24) is 5.32 Å². The van der Waals surface area contributed by atoms with E-state index in [-0.39, 0.29) is 35.0 Å². The zero-order valence-corrected chi connectivity index (χ0v) is 15.7. The average molecular weight is 341 g/mol. The SMILES string of the molecule is COC(=O)C1=C(C)NC2CC(C)(C)CC(=O)C2C1c1ccc(C)cc1. The summed E-state index contributed by atoms with van der Waals surface area (Å²) in [5, 5.41) is 3.44. The lowest BCUT2D eigenvalue weighted by atomic mass is 9.61. The fourth-order valence-electron chi connectivity index (χ4n) is 4.47. The number of benzene rings is 1. The molecule has 1 N–H and O–H groups in total. The predicted octanol–water partition coefficient (Wildman–Crippen LogP) is 3.50. The van der Waals surface area contributed by atoms with Gasteiger partial charge in [0.05, 0.1) is 12.7 Å². The number of hydrogen-bond donors (Lipinski definition) is 1. The fraction of sp³-hybridized carbons (Fsp3) is 0.524. The minimum Gasteiger partial charge on any atom is -0.466 e. The number of carbonyl (C=O) groups is 2. The molecule has 1 heterocycles. The van der Waals surface area contributed by atoms with Gasteiger partial charge >= 0.3 is 5.97 Å². The summed E-state index contributed by atoms with van der Waals surface area (Å²) in [6, 6.07) is 8.19. The molecule has 25 heavy (non-hydrogen) atoms. The molecule has 3 atom stereocenters. The van der Waals surface area contributed by atoms with E-state index in [0.29, 0.717) is 12.0 Å². The van der Waals surface area contributed by atoms with Crippen molar-refractivity contribution < 1.29 is 14.3 Å². The first-order valence-corrected chi connectivity index (χ1v) is 8.88. The molecule has 134 valence electrons. The summed E-state index contributed by atoms with van der Waals surface area (Å²) in [4.78, 5) is 25.5. The molecule has 1 fully saturated rings. The first kappa shape index (κ1) is 17.7. The number of Topliss-reactive ketones (excluding diaryl/α,β-unsaturated/α-hetero) is 1. The number of nitrogens with one attached hydrogen (secondary N) is 1. The maximum Gasteiger partial charge on any atom is 0.336 e. The van der Waals surface area contributed by atoms with Crippen molar-refractivity contribution >= 4 is 11.8 Å². The standard InChI is InChI=1S/C21H27NO3/c1-12-6-8-14(9-7-12)18-17(20(24)25-5)13(2)22-15-10-21(3,4)11-16(23)19(15)18/h6-9,15,18-19,22H,10-11H2,1-5H3. The summed E-state index contributed by atoms with van der Waals surface area (Å²) < 4.78 is 5.04. The van der Waals surface area contributed by atoms with Crippen LogP contribution in [-0.4, -0.2) is 24.9 Å². The van der Waals surface area contributed by atoms with Crippen molar-refractivity contribution in [3.8, 4) is 0 Å². The molecule has 1 aliphatic heterocycles. The Morgan fingerprint density at radius 1 is 1.20 bits per heavy atom. The smallest absolute Gasteiger partial charge is 0.336 e. The summed E-state index contributed by atoms with van der Waals surface area (Å²) in [5.74, 6) is -0.601. The van der Waals surface area contributed by atoms with Crippen LogP contribution in [-0.2, 0) is 14.3 Å². The summed E-state index contributed by atoms with van der Waals surface area (Å²) in [6.07, 6.45) is 1.46. The topological polar surface area (TPSA) is 55.4 Å². The zero-order valence-electron chi connectivity index (χ0n) is 15.7. The average Bonchev–Trinajstić information content (AvgIpc) is 2.52. The van der Waals surface area contributed by atoms with Crippen molar-refractivity contribution in [3.63, 3.8) is 0 Å². The molecule has 3 unspecified atom stereocenters. The normalized spacial score (nSPS) is 28.2. The Kier molecular flexibility index (Phi) is 4.48. The van der Waals surface area contributed by atoms with Crippen LogP contribution in [0.1, 0.15) is 50.7 Å². The van der Waals surface area contributed by atoms with Gasteiger partial charge in [0.25, 0.3) is 0 Å². The first-order valence-electron chi connectivity index (χ1n) is 8.88. The molecule has 2 aliphatic rings. The molecule has 1 saturated carbocycles. The summed E-state index contributed by atoms with van der Waals surface area (Å²) >= 11 is 0. The number of allylic oxidation sites excluding steroid dienone is 1. The highest BCUT2D eigenvalue weighted by Gasteiger charge is 2.49. The van der Waals surface area contributed by atoms with E-state index in [9.17, 15) is 9.59 Å². The van der Waals surface area contributed by atoms with Gasteiger partial charge in [0.2, 0.25) is 0 Å². The van der Waals surface area contributed by atoms with Crippen LogP contribution in [0.4, 0.5) is 0 Å². The molecule has 4 heteroatoms. The lowest BCUT2D eigenvalue weighted by Crippen LogP contribution is -2.54. The van der Waals surface area contributed by atoms with Crippen molar-refractivity contribution in [3.05, 3.63) is 46.7 Å². The van der Waals surface area contributed by atoms with E-state index in [1.54, 1.807) is 0 Å². The number of ketones is 1. The third-order valence-electron chi connectivity index (χ3n) is 5.55. The highest BCUT2D eigenvalue weighted by molar-refractivity contribution is 5.95. The number of esters is 1. The Labute approximate surface area is 149 Å². The lowest BCUT2D eigenvalue weighted by molar-refractivity contribution is -0.137. The number of fused-ring (bicyclic) bond motifs is 1. The van der Waals surface area contributed by atoms with E-state index < -0.39 is 0 Å². The van der Waals surface area contributed by atoms with Gasteiger partial charge in [-0.15, -0.1) is 0 Å². The number of carbonyl (C=O) groups excluding carboxylic acids is 2. The van der Waals surface area contributed by atoms with Gasteiger partial charge in [0.15, 0.2) is 0 Å². The molecule has 0 saturated heterocycles. The second kappa shape index (κ2) is 6.32. The van der Waals surface area contributed by atoms with Crippen LogP contribution < -0.4 is 5.32 Å². The minimum absolute atomic E-state index is 0.0217. The van der Waals surface area contributed by atoms with Gasteiger partial charge in [-0.05, 0) is 31.2 Å². The molecule has 3 rings (SSSR count). The third-order valence-corrected chi connectivity index (χ3v) is 5.55. The van der Waals surface area contributed by atoms with Crippen LogP contribution in [0.2, 0.25) is 0 Å². The molecule has 0 spiro atoms. The van der Waals surface area contributed by atoms with Gasteiger partial charge in [-0.3, -0.25) is 4.79 Å². The Hall–Kier alpha value is -2.10. The van der Waals surface area contributed by atoms with Crippen molar-refractivity contribution in [2.75, 3.05) is 7.11 Å². The van der Waals surface area contributed by atoms with Crippen molar-refractivity contribution in [1.29, 1.82) is 0 Å². The van der Waals surface area contributed by atoms with E-state index in [1.807, 2.05) is 38.1 Å². The molecule has 4 nitrogen and oxygen atoms in total. The number of aryl methyl sites for hydroxylation is 1. The molecule has 0 bridgehead atoms. The van der Waals surface area contributed by atoms with Crippen LogP contribution in [0.25, 0.3) is 0 Å². The Bertz CT molecular complexity index is 730. The lowest BCUT2D eigenvalue weighted by Gasteiger charge is -2.47. The van der Waals surface area contributed by atoms with Crippen LogP contribution in [0.3, 0.4) is 0 Å². The zero-order chi connectivity index (χ0) is 18.4. The Morgan fingerprint density at radius 2 is 1.84 bits per heavy atom. The largest absolute Gasteiger partial charge is 0.466 e. The van der Waals surface area contributed by atoms with Gasteiger partial charge in [0.1, 0.15) is 5.78 Å². The van der Waals surface area contributed by atoms with Gasteiger partial charge in [-0.2, -0.15) is 0 Å². The summed E-state index contributed by atoms with van der Waals surface area (Å²) in [7, 11) is 1.40. The van der Waals surface area contributed by atoms with E-state index >= 15 is 0 Å². The van der Waals surface area contributed by atoms with Gasteiger partial charge in [0, 0.05) is 30.0 Å². The van der Waals surface area contributed by atoms with E-state index in [0.717, 1.165) is 23.2 Å². The minimum atomic E-state index is -0.355. The highest BCUT2D eigenvalue weighted by atomic mass is 16.5. The van der Waals surface area contributed by atoms with Crippen molar-refractivity contribution in [2.45, 2.75) is 52.5 Å². The van der Waals surface area contributed by atoms with Crippen LogP contribution in [0, 0.1) is 18.3 Å². The monoisotopic (exact) mass is 341 g/mol. The number of methoxy groups -OCH3 is 1. The van der Waals surface area contributed by atoms with E-state index in [2.05, 4.69) is 19.2 Å². The molecule has 0 aromatic heterocycles. The van der Waals surface area contributed by atoms with Crippen LogP contribution in [0.15, 0.2) is 35.5 Å². The molecule has 0 amide bonds. The molecule has 1 aromatic rings. The highest BCUT2D eigenvalue weighted by Crippen LogP contribution is 2.47. The molecular formula is C21H27NO3. The third kappa shape index (κ3) is 3.22. The predicted molar refractivity (Wildman–Crippen MR) is 97.1 cm³/mol. The number of ether oxygens (including phenoxy) is 1. The second-order valence-electron chi connectivity index (χ2n) is 8.21. The first-order chi connectivity index (χ1) is 11.7. The van der Waals surface area contributed by atoms with E-state index in [4.69, 9.17) is 4.74 Å². The van der Waals surface area contributed by atoms with Gasteiger partial charge in [-0.25, -0.2) is 4.79 Å². The quantitative estimate of drug-likeness (QED) is 0.837. The molecule has 1 aromatic carbocycles. The Morgan fingerprint density at radius 3 is 2.44 bits per heavy atom. The fourth-order valence-corrected chi connectivity index (χ4v) is 4.47. The molecular weight excluding hydrogens is 314 g/mol. The Balaban J connectivity index is 2.13. The second-order valence-corrected chi connectivity index (χ2v) is 8.21. The van der Waals surface area contributed by atoms with Gasteiger partial charge in [-0.1, -0.05) is 43.7 Å². The van der Waals surface area contributed by atoms with Gasteiger partial charge < -0.3 is 10.1 Å². The maximum atomic E-state index is 13.0. The van der Waals surface area contributed by atoms with Crippen LogP contribution >= 0.6 is 0 Å². The molecule has 0 radical (unpaired) electrons. The number of rotatable bonds is 2. The molecule has 1 aliphatic carbocycles. The van der Waals surface area contributed by atoms with Crippen molar-refractivity contribution in [2.24, 2.45) is 11.3 Å². The maximum absolute atomic E-state index is 13.0. The van der Waals surface area contributed by atoms with E-state index in [1.165, 1.54) is 7.11 Å². The summed E-state index contributed by atoms with van der Waals surface area (Å²) in [5.41, 5.74) is 3.55. The summed E-state index contributed by atoms with van der Waals surface area (Å²) in [6.45, 7) is 8.22. The number of hydrogen-bond acceptors (Lipinski definition) is 4. The van der Waals surface area contributed by atoms with Crippen LogP contribution in [0.5, 0.6) is 0 Å².